The van der Waals surface area contributed by atoms with E-state index in [1.54, 1.807) is 13.2 Å². The summed E-state index contributed by atoms with van der Waals surface area (Å²) in [5.74, 6) is -0.792. The number of halogens is 3. The van der Waals surface area contributed by atoms with Gasteiger partial charge in [-0.2, -0.15) is 13.2 Å². The number of carbonyl (C=O) groups excluding carboxylic acids is 1. The summed E-state index contributed by atoms with van der Waals surface area (Å²) in [6, 6.07) is 23.7. The van der Waals surface area contributed by atoms with Crippen molar-refractivity contribution in [1.82, 2.24) is 0 Å². The summed E-state index contributed by atoms with van der Waals surface area (Å²) in [6.45, 7) is 4.00. The van der Waals surface area contributed by atoms with Crippen LogP contribution in [0.4, 0.5) is 13.2 Å². The molecule has 0 aliphatic rings. The van der Waals surface area contributed by atoms with Gasteiger partial charge in [-0.15, -0.1) is 6.58 Å². The molecule has 208 valence electrons. The van der Waals surface area contributed by atoms with E-state index in [1.807, 2.05) is 54.6 Å². The predicted octanol–water partition coefficient (Wildman–Crippen LogP) is 7.33. The van der Waals surface area contributed by atoms with Gasteiger partial charge >= 0.3 is 12.1 Å². The summed E-state index contributed by atoms with van der Waals surface area (Å²) >= 11 is 0. The molecule has 0 heterocycles. The summed E-state index contributed by atoms with van der Waals surface area (Å²) in [6.07, 6.45) is -3.99. The van der Waals surface area contributed by atoms with Gasteiger partial charge in [0, 0.05) is 19.1 Å². The highest BCUT2D eigenvalue weighted by Gasteiger charge is 2.64. The Morgan fingerprint density at radius 2 is 1.51 bits per heavy atom. The number of rotatable bonds is 14. The second kappa shape index (κ2) is 14.0. The minimum Gasteiger partial charge on any atom is -0.497 e. The first-order valence-corrected chi connectivity index (χ1v) is 12.5. The first-order valence-electron chi connectivity index (χ1n) is 12.5. The molecule has 0 spiro atoms. The summed E-state index contributed by atoms with van der Waals surface area (Å²) in [5.41, 5.74) is -1.77. The maximum absolute atomic E-state index is 14.3. The SMILES string of the molecule is C=CC[C@@H](CC[C@H](OCc1ccc(OC)cc1)c1ccccc1)OC(=O)[C@@](OC)(c1ccccc1)C(F)(F)F. The zero-order valence-electron chi connectivity index (χ0n) is 22.0. The summed E-state index contributed by atoms with van der Waals surface area (Å²) in [4.78, 5) is 13.2. The summed E-state index contributed by atoms with van der Waals surface area (Å²) in [5, 5.41) is 0. The van der Waals surface area contributed by atoms with Crippen LogP contribution in [0.5, 0.6) is 5.75 Å². The number of benzene rings is 3. The fourth-order valence-corrected chi connectivity index (χ4v) is 4.30. The molecule has 0 aliphatic carbocycles. The number of ether oxygens (including phenoxy) is 4. The van der Waals surface area contributed by atoms with E-state index in [0.717, 1.165) is 24.0 Å². The molecule has 0 N–H and O–H groups in total. The first kappa shape index (κ1) is 29.9. The van der Waals surface area contributed by atoms with Gasteiger partial charge in [0.25, 0.3) is 5.60 Å². The van der Waals surface area contributed by atoms with E-state index in [9.17, 15) is 18.0 Å². The van der Waals surface area contributed by atoms with E-state index in [0.29, 0.717) is 13.0 Å². The molecule has 5 nitrogen and oxygen atoms in total. The normalized spacial score (nSPS) is 14.6. The molecule has 3 rings (SSSR count). The molecular formula is C31H33F3O5. The fourth-order valence-electron chi connectivity index (χ4n) is 4.30. The first-order chi connectivity index (χ1) is 18.7. The minimum atomic E-state index is -5.05. The molecule has 3 aromatic rings. The van der Waals surface area contributed by atoms with Crippen LogP contribution in [-0.2, 0) is 31.2 Å². The van der Waals surface area contributed by atoms with Crippen molar-refractivity contribution in [3.8, 4) is 5.75 Å². The Kier molecular flexibility index (Phi) is 10.7. The van der Waals surface area contributed by atoms with Gasteiger partial charge in [0.05, 0.1) is 19.8 Å². The lowest BCUT2D eigenvalue weighted by Gasteiger charge is -2.34. The average molecular weight is 543 g/mol. The molecule has 0 unspecified atom stereocenters. The van der Waals surface area contributed by atoms with E-state index < -0.39 is 23.9 Å². The Balaban J connectivity index is 1.78. The molecular weight excluding hydrogens is 509 g/mol. The van der Waals surface area contributed by atoms with Crippen LogP contribution in [0.25, 0.3) is 0 Å². The molecule has 0 saturated carbocycles. The van der Waals surface area contributed by atoms with Crippen LogP contribution in [0.3, 0.4) is 0 Å². The summed E-state index contributed by atoms with van der Waals surface area (Å²) < 4.78 is 64.7. The second-order valence-electron chi connectivity index (χ2n) is 8.94. The van der Waals surface area contributed by atoms with Crippen molar-refractivity contribution in [1.29, 1.82) is 0 Å². The third-order valence-corrected chi connectivity index (χ3v) is 6.41. The molecule has 8 heteroatoms. The predicted molar refractivity (Wildman–Crippen MR) is 142 cm³/mol. The zero-order valence-corrected chi connectivity index (χ0v) is 22.0. The second-order valence-corrected chi connectivity index (χ2v) is 8.94. The maximum Gasteiger partial charge on any atom is 0.432 e. The number of carbonyl (C=O) groups is 1. The highest BCUT2D eigenvalue weighted by atomic mass is 19.4. The molecule has 0 radical (unpaired) electrons. The van der Waals surface area contributed by atoms with Gasteiger partial charge in [-0.3, -0.25) is 0 Å². The van der Waals surface area contributed by atoms with Crippen molar-refractivity contribution in [2.45, 2.75) is 49.9 Å². The third-order valence-electron chi connectivity index (χ3n) is 6.41. The fraction of sp³-hybridized carbons (Fsp3) is 0.323. The van der Waals surface area contributed by atoms with Crippen molar-refractivity contribution < 1.29 is 36.9 Å². The van der Waals surface area contributed by atoms with Gasteiger partial charge in [-0.05, 0) is 36.1 Å². The number of hydrogen-bond donors (Lipinski definition) is 0. The molecule has 0 fully saturated rings. The standard InChI is InChI=1S/C31H33F3O5/c1-4-11-27(39-29(35)30(37-3,31(32,33)34)25-14-9-6-10-15-25)20-21-28(24-12-7-5-8-13-24)38-22-23-16-18-26(36-2)19-17-23/h4-10,12-19,27-28H,1,11,20-22H2,2-3H3/t27-,28-,30-/m0/s1. The third kappa shape index (κ3) is 7.49. The Hall–Kier alpha value is -3.62. The number of hydrogen-bond acceptors (Lipinski definition) is 5. The van der Waals surface area contributed by atoms with Gasteiger partial charge in [-0.25, -0.2) is 4.79 Å². The Bertz CT molecular complexity index is 1170. The average Bonchev–Trinajstić information content (AvgIpc) is 2.94. The van der Waals surface area contributed by atoms with Crippen LogP contribution >= 0.6 is 0 Å². The van der Waals surface area contributed by atoms with Crippen LogP contribution in [0.2, 0.25) is 0 Å². The molecule has 0 amide bonds. The van der Waals surface area contributed by atoms with Gasteiger partial charge in [0.15, 0.2) is 0 Å². The van der Waals surface area contributed by atoms with E-state index in [2.05, 4.69) is 6.58 Å². The monoisotopic (exact) mass is 542 g/mol. The van der Waals surface area contributed by atoms with Gasteiger partial charge < -0.3 is 18.9 Å². The molecule has 0 aliphatic heterocycles. The van der Waals surface area contributed by atoms with Gasteiger partial charge in [0.2, 0.25) is 0 Å². The number of alkyl halides is 3. The lowest BCUT2D eigenvalue weighted by atomic mass is 9.92. The lowest BCUT2D eigenvalue weighted by molar-refractivity contribution is -0.278. The zero-order chi connectivity index (χ0) is 28.3. The van der Waals surface area contributed by atoms with Crippen molar-refractivity contribution >= 4 is 5.97 Å². The Morgan fingerprint density at radius 1 is 0.897 bits per heavy atom. The highest BCUT2D eigenvalue weighted by molar-refractivity contribution is 5.82. The molecule has 3 atom stereocenters. The largest absolute Gasteiger partial charge is 0.497 e. The molecule has 3 aromatic carbocycles. The molecule has 0 bridgehead atoms. The van der Waals surface area contributed by atoms with E-state index >= 15 is 0 Å². The Labute approximate surface area is 227 Å². The topological polar surface area (TPSA) is 54.0 Å². The van der Waals surface area contributed by atoms with Crippen molar-refractivity contribution in [2.75, 3.05) is 14.2 Å². The van der Waals surface area contributed by atoms with E-state index in [-0.39, 0.29) is 24.5 Å². The molecule has 0 saturated heterocycles. The number of methoxy groups -OCH3 is 2. The van der Waals surface area contributed by atoms with Gasteiger partial charge in [0.1, 0.15) is 11.9 Å². The maximum atomic E-state index is 14.3. The lowest BCUT2D eigenvalue weighted by Crippen LogP contribution is -2.52. The minimum absolute atomic E-state index is 0.165. The van der Waals surface area contributed by atoms with Crippen LogP contribution in [-0.4, -0.2) is 32.5 Å². The molecule has 39 heavy (non-hydrogen) atoms. The Morgan fingerprint density at radius 3 is 2.05 bits per heavy atom. The van der Waals surface area contributed by atoms with Crippen LogP contribution < -0.4 is 4.74 Å². The van der Waals surface area contributed by atoms with Crippen LogP contribution in [0.1, 0.15) is 42.1 Å². The van der Waals surface area contributed by atoms with Crippen LogP contribution in [0, 0.1) is 0 Å². The van der Waals surface area contributed by atoms with E-state index in [1.165, 1.54) is 30.3 Å². The van der Waals surface area contributed by atoms with E-state index in [4.69, 9.17) is 18.9 Å². The summed E-state index contributed by atoms with van der Waals surface area (Å²) in [7, 11) is 2.44. The van der Waals surface area contributed by atoms with Crippen molar-refractivity contribution in [2.24, 2.45) is 0 Å². The van der Waals surface area contributed by atoms with Crippen molar-refractivity contribution in [3.63, 3.8) is 0 Å². The van der Waals surface area contributed by atoms with Crippen LogP contribution in [0.15, 0.2) is 97.6 Å². The van der Waals surface area contributed by atoms with Gasteiger partial charge in [-0.1, -0.05) is 78.9 Å². The number of esters is 1. The van der Waals surface area contributed by atoms with Crippen molar-refractivity contribution in [3.05, 3.63) is 114 Å². The highest BCUT2D eigenvalue weighted by Crippen LogP contribution is 2.43. The smallest absolute Gasteiger partial charge is 0.432 e. The quantitative estimate of drug-likeness (QED) is 0.158. The molecule has 0 aromatic heterocycles.